The number of piperidine rings is 2. The highest BCUT2D eigenvalue weighted by Gasteiger charge is 2.36. The average molecular weight is 549 g/mol. The van der Waals surface area contributed by atoms with Crippen molar-refractivity contribution in [1.29, 1.82) is 10.5 Å². The third-order valence-electron chi connectivity index (χ3n) is 8.21. The quantitative estimate of drug-likeness (QED) is 0.357. The zero-order chi connectivity index (χ0) is 28.8. The molecule has 2 fully saturated rings. The summed E-state index contributed by atoms with van der Waals surface area (Å²) in [6.07, 6.45) is 6.10. The summed E-state index contributed by atoms with van der Waals surface area (Å²) in [6.45, 7) is 6.58. The van der Waals surface area contributed by atoms with Crippen LogP contribution in [0, 0.1) is 34.5 Å². The first-order chi connectivity index (χ1) is 20.0. The van der Waals surface area contributed by atoms with Gasteiger partial charge in [0.15, 0.2) is 0 Å². The fourth-order valence-electron chi connectivity index (χ4n) is 6.35. The van der Waals surface area contributed by atoms with Crippen molar-refractivity contribution in [2.75, 3.05) is 32.7 Å². The normalized spacial score (nSPS) is 18.5. The number of aromatic nitrogens is 2. The molecule has 1 amide bonds. The minimum absolute atomic E-state index is 0.0580. The number of hydrogen-bond acceptors (Lipinski definition) is 6. The molecule has 8 heteroatoms. The van der Waals surface area contributed by atoms with Crippen LogP contribution < -0.4 is 0 Å². The third-order valence-corrected chi connectivity index (χ3v) is 8.21. The van der Waals surface area contributed by atoms with Crippen LogP contribution in [0.3, 0.4) is 0 Å². The summed E-state index contributed by atoms with van der Waals surface area (Å²) in [6, 6.07) is 19.0. The Balaban J connectivity index is 1.29. The van der Waals surface area contributed by atoms with Gasteiger partial charge in [-0.1, -0.05) is 31.2 Å². The topological polar surface area (TPSA) is 106 Å². The maximum Gasteiger partial charge on any atom is 0.244 e. The number of likely N-dealkylation sites (tertiary alicyclic amines) is 2. The Morgan fingerprint density at radius 2 is 1.49 bits per heavy atom. The lowest BCUT2D eigenvalue weighted by molar-refractivity contribution is -0.136. The van der Waals surface area contributed by atoms with E-state index in [1.165, 1.54) is 0 Å². The van der Waals surface area contributed by atoms with Crippen LogP contribution in [0.15, 0.2) is 54.7 Å². The molecule has 2 bridgehead atoms. The molecule has 0 aliphatic carbocycles. The van der Waals surface area contributed by atoms with E-state index in [0.29, 0.717) is 41.6 Å². The lowest BCUT2D eigenvalue weighted by Crippen LogP contribution is -2.54. The number of fused-ring (bicyclic) bond motifs is 2. The van der Waals surface area contributed by atoms with Gasteiger partial charge in [-0.2, -0.15) is 15.6 Å². The van der Waals surface area contributed by atoms with Gasteiger partial charge in [0.05, 0.1) is 35.2 Å². The van der Waals surface area contributed by atoms with E-state index >= 15 is 0 Å². The first-order valence-corrected chi connectivity index (χ1v) is 14.6. The van der Waals surface area contributed by atoms with Gasteiger partial charge >= 0.3 is 0 Å². The van der Waals surface area contributed by atoms with Crippen LogP contribution in [0.4, 0.5) is 0 Å². The van der Waals surface area contributed by atoms with E-state index in [1.54, 1.807) is 35.1 Å². The number of amides is 1. The fourth-order valence-corrected chi connectivity index (χ4v) is 6.35. The zero-order valence-corrected chi connectivity index (χ0v) is 23.6. The summed E-state index contributed by atoms with van der Waals surface area (Å²) in [5, 5.41) is 23.1. The van der Waals surface area contributed by atoms with E-state index in [1.807, 2.05) is 36.1 Å². The highest BCUT2D eigenvalue weighted by Crippen LogP contribution is 2.33. The van der Waals surface area contributed by atoms with E-state index < -0.39 is 0 Å². The number of carbonyl (C=O) groups is 2. The lowest BCUT2D eigenvalue weighted by atomic mass is 9.84. The first kappa shape index (κ1) is 28.3. The van der Waals surface area contributed by atoms with Crippen LogP contribution in [-0.2, 0) is 16.1 Å². The molecule has 2 aliphatic heterocycles. The van der Waals surface area contributed by atoms with E-state index in [2.05, 4.69) is 22.1 Å². The summed E-state index contributed by atoms with van der Waals surface area (Å²) in [5.74, 6) is 1.32. The second-order valence-corrected chi connectivity index (χ2v) is 11.4. The van der Waals surface area contributed by atoms with Gasteiger partial charge in [0, 0.05) is 50.1 Å². The van der Waals surface area contributed by atoms with Crippen LogP contribution in [0.2, 0.25) is 0 Å². The van der Waals surface area contributed by atoms with Crippen molar-refractivity contribution in [2.45, 2.75) is 45.6 Å². The molecular weight excluding hydrogens is 512 g/mol. The van der Waals surface area contributed by atoms with Crippen LogP contribution in [0.1, 0.15) is 50.2 Å². The lowest BCUT2D eigenvalue weighted by Gasteiger charge is -2.46. The second kappa shape index (κ2) is 12.9. The molecule has 5 rings (SSSR count). The number of carbonyl (C=O) groups excluding carboxylic acids is 2. The summed E-state index contributed by atoms with van der Waals surface area (Å²) >= 11 is 0. The Morgan fingerprint density at radius 1 is 0.878 bits per heavy atom. The maximum atomic E-state index is 13.6. The van der Waals surface area contributed by atoms with Crippen molar-refractivity contribution >= 4 is 11.7 Å². The van der Waals surface area contributed by atoms with Gasteiger partial charge in [0.25, 0.3) is 0 Å². The Kier molecular flexibility index (Phi) is 8.91. The molecule has 210 valence electrons. The van der Waals surface area contributed by atoms with Gasteiger partial charge in [0.1, 0.15) is 12.3 Å². The van der Waals surface area contributed by atoms with Crippen molar-refractivity contribution in [1.82, 2.24) is 19.6 Å². The molecule has 41 heavy (non-hydrogen) atoms. The largest absolute Gasteiger partial charge is 0.340 e. The molecule has 0 saturated carbocycles. The Labute approximate surface area is 241 Å². The number of nitrogens with zero attached hydrogens (tertiary/aromatic N) is 6. The summed E-state index contributed by atoms with van der Waals surface area (Å²) in [7, 11) is 0. The zero-order valence-electron chi connectivity index (χ0n) is 23.6. The monoisotopic (exact) mass is 548 g/mol. The number of benzene rings is 2. The third kappa shape index (κ3) is 6.73. The van der Waals surface area contributed by atoms with Crippen molar-refractivity contribution in [2.24, 2.45) is 11.8 Å². The summed E-state index contributed by atoms with van der Waals surface area (Å²) < 4.78 is 1.77. The van der Waals surface area contributed by atoms with Gasteiger partial charge in [-0.25, -0.2) is 0 Å². The second-order valence-electron chi connectivity index (χ2n) is 11.4. The van der Waals surface area contributed by atoms with Crippen molar-refractivity contribution in [3.63, 3.8) is 0 Å². The molecular formula is C33H36N6O2. The predicted octanol–water partition coefficient (Wildman–Crippen LogP) is 4.89. The first-order valence-electron chi connectivity index (χ1n) is 14.6. The van der Waals surface area contributed by atoms with Crippen LogP contribution in [-0.4, -0.2) is 64.0 Å². The molecule has 0 N–H and O–H groups in total. The maximum absolute atomic E-state index is 13.6. The van der Waals surface area contributed by atoms with Crippen LogP contribution in [0.5, 0.6) is 0 Å². The predicted molar refractivity (Wildman–Crippen MR) is 156 cm³/mol. The van der Waals surface area contributed by atoms with Gasteiger partial charge in [-0.15, -0.1) is 0 Å². The summed E-state index contributed by atoms with van der Waals surface area (Å²) in [4.78, 5) is 30.0. The molecule has 3 heterocycles. The van der Waals surface area contributed by atoms with E-state index in [9.17, 15) is 20.1 Å². The molecule has 2 aromatic carbocycles. The van der Waals surface area contributed by atoms with Crippen LogP contribution >= 0.6 is 0 Å². The smallest absolute Gasteiger partial charge is 0.244 e. The number of Topliss-reactive ketones (excluding diaryl/α,β-unsaturated/α-hetero) is 1. The Hall–Kier alpha value is -4.27. The van der Waals surface area contributed by atoms with Gasteiger partial charge in [0.2, 0.25) is 5.91 Å². The molecule has 0 radical (unpaired) electrons. The van der Waals surface area contributed by atoms with Crippen LogP contribution in [0.25, 0.3) is 22.4 Å². The highest BCUT2D eigenvalue weighted by molar-refractivity contribution is 5.83. The van der Waals surface area contributed by atoms with Gasteiger partial charge in [-0.3, -0.25) is 14.3 Å². The van der Waals surface area contributed by atoms with E-state index in [0.717, 1.165) is 74.4 Å². The molecule has 2 saturated heterocycles. The number of rotatable bonds is 10. The van der Waals surface area contributed by atoms with Gasteiger partial charge < -0.3 is 9.80 Å². The van der Waals surface area contributed by atoms with E-state index in [4.69, 9.17) is 0 Å². The molecule has 0 spiro atoms. The number of hydrogen-bond donors (Lipinski definition) is 0. The molecule has 2 unspecified atom stereocenters. The summed E-state index contributed by atoms with van der Waals surface area (Å²) in [5.41, 5.74) is 4.61. The number of ketones is 1. The molecule has 3 aromatic rings. The minimum atomic E-state index is 0.0580. The Bertz CT molecular complexity index is 1450. The molecule has 1 aromatic heterocycles. The SMILES string of the molecule is CCCC(=O)CCCN1CC2CC(C1)CN(C(=O)Cn1ncc(-c3ccc(C#N)cc3)c1-c1ccc(C#N)cc1)C2. The standard InChI is InChI=1S/C33H36N6O2/c1-2-4-30(40)5-3-14-37-19-26-15-27(20-37)22-38(21-26)32(41)23-39-33(29-12-8-25(17-35)9-13-29)31(18-36-39)28-10-6-24(16-34)7-11-28/h6-13,18,26-27H,2-5,14-15,19-23H2,1H3. The fraction of sp³-hybridized carbons (Fsp3) is 0.424. The van der Waals surface area contributed by atoms with E-state index in [-0.39, 0.29) is 12.5 Å². The minimum Gasteiger partial charge on any atom is -0.340 e. The molecule has 8 nitrogen and oxygen atoms in total. The number of nitriles is 2. The highest BCUT2D eigenvalue weighted by atomic mass is 16.2. The van der Waals surface area contributed by atoms with Crippen molar-refractivity contribution in [3.05, 3.63) is 65.9 Å². The van der Waals surface area contributed by atoms with Crippen molar-refractivity contribution in [3.8, 4) is 34.5 Å². The van der Waals surface area contributed by atoms with Crippen molar-refractivity contribution < 1.29 is 9.59 Å². The van der Waals surface area contributed by atoms with Gasteiger partial charge in [-0.05, 0) is 67.5 Å². The molecule has 2 atom stereocenters. The molecule has 2 aliphatic rings. The average Bonchev–Trinajstić information content (AvgIpc) is 3.40. The Morgan fingerprint density at radius 3 is 2.07 bits per heavy atom.